The Balaban J connectivity index is 2.09. The summed E-state index contributed by atoms with van der Waals surface area (Å²) in [6.45, 7) is 5.43. The second kappa shape index (κ2) is 8.14. The first-order chi connectivity index (χ1) is 10.2. The molecule has 1 nitrogen and oxygen atoms in total. The van der Waals surface area contributed by atoms with Crippen molar-refractivity contribution in [3.63, 3.8) is 0 Å². The molecule has 1 aliphatic carbocycles. The van der Waals surface area contributed by atoms with Gasteiger partial charge in [-0.25, -0.2) is 4.39 Å². The fourth-order valence-corrected chi connectivity index (χ4v) is 3.77. The lowest BCUT2D eigenvalue weighted by atomic mass is 9.90. The van der Waals surface area contributed by atoms with Crippen LogP contribution in [0.25, 0.3) is 0 Å². The highest BCUT2D eigenvalue weighted by molar-refractivity contribution is 6.31. The first kappa shape index (κ1) is 16.8. The van der Waals surface area contributed by atoms with Crippen molar-refractivity contribution >= 4 is 11.6 Å². The molecule has 21 heavy (non-hydrogen) atoms. The summed E-state index contributed by atoms with van der Waals surface area (Å²) in [5.41, 5.74) is 0.674. The van der Waals surface area contributed by atoms with Gasteiger partial charge in [-0.05, 0) is 56.2 Å². The summed E-state index contributed by atoms with van der Waals surface area (Å²) in [5, 5.41) is 4.19. The maximum atomic E-state index is 14.1. The molecule has 1 fully saturated rings. The van der Waals surface area contributed by atoms with Crippen LogP contribution in [0.5, 0.6) is 0 Å². The summed E-state index contributed by atoms with van der Waals surface area (Å²) in [5.74, 6) is 1.32. The van der Waals surface area contributed by atoms with E-state index in [1.54, 1.807) is 12.1 Å². The van der Waals surface area contributed by atoms with Gasteiger partial charge in [0.2, 0.25) is 0 Å². The number of nitrogens with one attached hydrogen (secondary N) is 1. The van der Waals surface area contributed by atoms with Crippen LogP contribution in [-0.4, -0.2) is 12.6 Å². The van der Waals surface area contributed by atoms with Crippen LogP contribution >= 0.6 is 11.6 Å². The molecule has 0 bridgehead atoms. The number of halogens is 2. The van der Waals surface area contributed by atoms with Gasteiger partial charge in [0.05, 0.1) is 0 Å². The monoisotopic (exact) mass is 311 g/mol. The quantitative estimate of drug-likeness (QED) is 0.728. The fourth-order valence-electron chi connectivity index (χ4n) is 3.53. The van der Waals surface area contributed by atoms with Crippen LogP contribution in [-0.2, 0) is 6.42 Å². The zero-order valence-electron chi connectivity index (χ0n) is 13.2. The van der Waals surface area contributed by atoms with E-state index in [4.69, 9.17) is 11.6 Å². The molecule has 1 N–H and O–H groups in total. The minimum absolute atomic E-state index is 0.171. The molecule has 1 saturated carbocycles. The molecule has 1 aromatic rings. The Bertz CT molecular complexity index is 429. The molecule has 3 atom stereocenters. The van der Waals surface area contributed by atoms with Crippen molar-refractivity contribution in [2.24, 2.45) is 11.8 Å². The molecule has 0 amide bonds. The molecule has 0 spiro atoms. The van der Waals surface area contributed by atoms with Crippen molar-refractivity contribution in [1.82, 2.24) is 5.32 Å². The third-order valence-corrected chi connectivity index (χ3v) is 5.22. The average Bonchev–Trinajstić information content (AvgIpc) is 2.95. The zero-order chi connectivity index (χ0) is 15.2. The Morgan fingerprint density at radius 3 is 2.76 bits per heavy atom. The van der Waals surface area contributed by atoms with Crippen molar-refractivity contribution < 1.29 is 4.39 Å². The summed E-state index contributed by atoms with van der Waals surface area (Å²) in [7, 11) is 0. The maximum absolute atomic E-state index is 14.1. The molecular weight excluding hydrogens is 285 g/mol. The molecule has 1 aromatic carbocycles. The lowest BCUT2D eigenvalue weighted by molar-refractivity contribution is 0.341. The van der Waals surface area contributed by atoms with Crippen molar-refractivity contribution in [1.29, 1.82) is 0 Å². The highest BCUT2D eigenvalue weighted by Gasteiger charge is 2.30. The molecule has 0 saturated heterocycles. The third-order valence-electron chi connectivity index (χ3n) is 4.87. The molecule has 1 aliphatic rings. The molecule has 118 valence electrons. The number of hydrogen-bond donors (Lipinski definition) is 1. The van der Waals surface area contributed by atoms with Crippen LogP contribution in [0.1, 0.15) is 51.5 Å². The van der Waals surface area contributed by atoms with Gasteiger partial charge in [0.25, 0.3) is 0 Å². The highest BCUT2D eigenvalue weighted by atomic mass is 35.5. The number of benzene rings is 1. The van der Waals surface area contributed by atoms with Crippen LogP contribution in [0, 0.1) is 17.7 Å². The minimum Gasteiger partial charge on any atom is -0.313 e. The third kappa shape index (κ3) is 4.43. The molecular formula is C18H27ClFN. The molecule has 3 heteroatoms. The van der Waals surface area contributed by atoms with E-state index in [0.717, 1.165) is 18.9 Å². The lowest BCUT2D eigenvalue weighted by Gasteiger charge is -2.26. The number of rotatable bonds is 7. The van der Waals surface area contributed by atoms with Gasteiger partial charge in [-0.15, -0.1) is 0 Å². The Morgan fingerprint density at radius 2 is 2.14 bits per heavy atom. The standard InChI is InChI=1S/C18H27ClFN/c1-3-10-21-18(14-9-8-13(4-2)11-14)12-15-16(19)6-5-7-17(15)20/h5-7,13-14,18,21H,3-4,8-12H2,1-2H3. The Morgan fingerprint density at radius 1 is 1.33 bits per heavy atom. The van der Waals surface area contributed by atoms with Gasteiger partial charge < -0.3 is 5.32 Å². The van der Waals surface area contributed by atoms with E-state index in [1.165, 1.54) is 31.7 Å². The normalized spacial score (nSPS) is 23.4. The average molecular weight is 312 g/mol. The van der Waals surface area contributed by atoms with E-state index in [1.807, 2.05) is 0 Å². The lowest BCUT2D eigenvalue weighted by Crippen LogP contribution is -2.38. The van der Waals surface area contributed by atoms with Crippen LogP contribution in [0.15, 0.2) is 18.2 Å². The Hall–Kier alpha value is -0.600. The molecule has 0 heterocycles. The first-order valence-corrected chi connectivity index (χ1v) is 8.69. The van der Waals surface area contributed by atoms with Gasteiger partial charge in [0.1, 0.15) is 5.82 Å². The van der Waals surface area contributed by atoms with Gasteiger partial charge in [-0.2, -0.15) is 0 Å². The van der Waals surface area contributed by atoms with Crippen molar-refractivity contribution in [2.75, 3.05) is 6.54 Å². The van der Waals surface area contributed by atoms with Crippen molar-refractivity contribution in [3.05, 3.63) is 34.6 Å². The van der Waals surface area contributed by atoms with Crippen LogP contribution < -0.4 is 5.32 Å². The Kier molecular flexibility index (Phi) is 6.50. The molecule has 0 aliphatic heterocycles. The van der Waals surface area contributed by atoms with Gasteiger partial charge in [-0.3, -0.25) is 0 Å². The van der Waals surface area contributed by atoms with E-state index in [9.17, 15) is 4.39 Å². The number of hydrogen-bond acceptors (Lipinski definition) is 1. The van der Waals surface area contributed by atoms with E-state index in [-0.39, 0.29) is 5.82 Å². The van der Waals surface area contributed by atoms with E-state index < -0.39 is 0 Å². The zero-order valence-corrected chi connectivity index (χ0v) is 13.9. The second-order valence-electron chi connectivity index (χ2n) is 6.31. The predicted octanol–water partition coefficient (Wildman–Crippen LogP) is 5.22. The van der Waals surface area contributed by atoms with E-state index in [0.29, 0.717) is 29.0 Å². The van der Waals surface area contributed by atoms with Gasteiger partial charge in [0.15, 0.2) is 0 Å². The molecule has 3 unspecified atom stereocenters. The van der Waals surface area contributed by atoms with Crippen LogP contribution in [0.3, 0.4) is 0 Å². The fraction of sp³-hybridized carbons (Fsp3) is 0.667. The van der Waals surface area contributed by atoms with Crippen molar-refractivity contribution in [3.8, 4) is 0 Å². The molecule has 2 rings (SSSR count). The summed E-state index contributed by atoms with van der Waals surface area (Å²) < 4.78 is 14.1. The summed E-state index contributed by atoms with van der Waals surface area (Å²) in [6.07, 6.45) is 6.90. The SMILES string of the molecule is CCCNC(Cc1c(F)cccc1Cl)C1CCC(CC)C1. The first-order valence-electron chi connectivity index (χ1n) is 8.31. The van der Waals surface area contributed by atoms with Crippen LogP contribution in [0.2, 0.25) is 5.02 Å². The van der Waals surface area contributed by atoms with E-state index >= 15 is 0 Å². The molecule has 0 radical (unpaired) electrons. The van der Waals surface area contributed by atoms with Crippen LogP contribution in [0.4, 0.5) is 4.39 Å². The maximum Gasteiger partial charge on any atom is 0.127 e. The molecule has 0 aromatic heterocycles. The predicted molar refractivity (Wildman–Crippen MR) is 88.3 cm³/mol. The summed E-state index contributed by atoms with van der Waals surface area (Å²) in [4.78, 5) is 0. The van der Waals surface area contributed by atoms with Gasteiger partial charge >= 0.3 is 0 Å². The Labute approximate surface area is 133 Å². The topological polar surface area (TPSA) is 12.0 Å². The summed E-state index contributed by atoms with van der Waals surface area (Å²) in [6, 6.07) is 5.33. The van der Waals surface area contributed by atoms with Gasteiger partial charge in [-0.1, -0.05) is 44.4 Å². The highest BCUT2D eigenvalue weighted by Crippen LogP contribution is 2.36. The smallest absolute Gasteiger partial charge is 0.127 e. The second-order valence-corrected chi connectivity index (χ2v) is 6.72. The largest absolute Gasteiger partial charge is 0.313 e. The van der Waals surface area contributed by atoms with Crippen molar-refractivity contribution in [2.45, 2.75) is 58.4 Å². The van der Waals surface area contributed by atoms with Gasteiger partial charge in [0, 0.05) is 16.6 Å². The summed E-state index contributed by atoms with van der Waals surface area (Å²) >= 11 is 6.20. The van der Waals surface area contributed by atoms with E-state index in [2.05, 4.69) is 19.2 Å². The minimum atomic E-state index is -0.171.